The first-order chi connectivity index (χ1) is 16.4. The molecule has 0 radical (unpaired) electrons. The highest BCUT2D eigenvalue weighted by Crippen LogP contribution is 2.30. The summed E-state index contributed by atoms with van der Waals surface area (Å²) in [4.78, 5) is 43.1. The number of urea groups is 1. The van der Waals surface area contributed by atoms with Crippen molar-refractivity contribution in [2.45, 2.75) is 19.1 Å². The molecule has 34 heavy (non-hydrogen) atoms. The Morgan fingerprint density at radius 2 is 1.79 bits per heavy atom. The van der Waals surface area contributed by atoms with E-state index in [1.54, 1.807) is 50.4 Å². The molecule has 1 aliphatic heterocycles. The first-order valence-electron chi connectivity index (χ1n) is 10.6. The predicted molar refractivity (Wildman–Crippen MR) is 124 cm³/mol. The Morgan fingerprint density at radius 1 is 1.06 bits per heavy atom. The summed E-state index contributed by atoms with van der Waals surface area (Å²) in [5.74, 6) is -0.000467. The second-order valence-corrected chi connectivity index (χ2v) is 7.88. The SMILES string of the molecule is COc1ccc(C2(C)NC(=O)N(CC(=O)Nc3ccc(OCc4ccccc4)nc3)C2=O)cc1. The predicted octanol–water partition coefficient (Wildman–Crippen LogP) is 3.07. The smallest absolute Gasteiger partial charge is 0.325 e. The monoisotopic (exact) mass is 460 g/mol. The molecule has 2 heterocycles. The van der Waals surface area contributed by atoms with Crippen LogP contribution in [-0.4, -0.2) is 41.4 Å². The van der Waals surface area contributed by atoms with E-state index in [-0.39, 0.29) is 0 Å². The number of pyridine rings is 1. The minimum atomic E-state index is -1.27. The zero-order valence-corrected chi connectivity index (χ0v) is 18.8. The molecule has 0 spiro atoms. The second-order valence-electron chi connectivity index (χ2n) is 7.88. The highest BCUT2D eigenvalue weighted by molar-refractivity contribution is 6.10. The average Bonchev–Trinajstić information content (AvgIpc) is 3.08. The molecule has 4 amide bonds. The quantitative estimate of drug-likeness (QED) is 0.500. The van der Waals surface area contributed by atoms with Crippen LogP contribution in [0.15, 0.2) is 72.9 Å². The molecular formula is C25H24N4O5. The van der Waals surface area contributed by atoms with E-state index in [1.807, 2.05) is 30.3 Å². The highest BCUT2D eigenvalue weighted by atomic mass is 16.5. The normalized spacial score (nSPS) is 17.3. The van der Waals surface area contributed by atoms with Gasteiger partial charge < -0.3 is 20.1 Å². The van der Waals surface area contributed by atoms with Crippen molar-refractivity contribution in [3.63, 3.8) is 0 Å². The highest BCUT2D eigenvalue weighted by Gasteiger charge is 2.49. The molecule has 1 saturated heterocycles. The number of rotatable bonds is 8. The minimum absolute atomic E-state index is 0.374. The number of ether oxygens (including phenoxy) is 2. The number of aromatic nitrogens is 1. The van der Waals surface area contributed by atoms with Crippen molar-refractivity contribution in [2.24, 2.45) is 0 Å². The lowest BCUT2D eigenvalue weighted by atomic mass is 9.92. The van der Waals surface area contributed by atoms with Crippen LogP contribution in [0, 0.1) is 0 Å². The molecule has 0 aliphatic carbocycles. The van der Waals surface area contributed by atoms with Gasteiger partial charge in [0.2, 0.25) is 11.8 Å². The van der Waals surface area contributed by atoms with E-state index in [9.17, 15) is 14.4 Å². The van der Waals surface area contributed by atoms with Crippen molar-refractivity contribution in [3.8, 4) is 11.6 Å². The van der Waals surface area contributed by atoms with E-state index < -0.39 is 29.9 Å². The standard InChI is InChI=1S/C25H24N4O5/c1-25(18-8-11-20(33-2)12-9-18)23(31)29(24(32)28-25)15-21(30)27-19-10-13-22(26-14-19)34-16-17-6-4-3-5-7-17/h3-14H,15-16H2,1-2H3,(H,27,30)(H,28,32). The number of methoxy groups -OCH3 is 1. The number of anilines is 1. The van der Waals surface area contributed by atoms with Gasteiger partial charge in [0, 0.05) is 6.07 Å². The maximum absolute atomic E-state index is 13.0. The molecule has 9 heteroatoms. The molecule has 0 bridgehead atoms. The van der Waals surface area contributed by atoms with Crippen LogP contribution in [0.3, 0.4) is 0 Å². The van der Waals surface area contributed by atoms with Gasteiger partial charge in [0.05, 0.1) is 19.0 Å². The van der Waals surface area contributed by atoms with Crippen LogP contribution in [-0.2, 0) is 21.7 Å². The largest absolute Gasteiger partial charge is 0.497 e. The summed E-state index contributed by atoms with van der Waals surface area (Å²) in [6, 6.07) is 19.1. The van der Waals surface area contributed by atoms with Gasteiger partial charge in [0.25, 0.3) is 5.91 Å². The molecule has 3 aromatic rings. The van der Waals surface area contributed by atoms with Gasteiger partial charge in [0.15, 0.2) is 0 Å². The number of carbonyl (C=O) groups is 3. The van der Waals surface area contributed by atoms with Gasteiger partial charge in [-0.3, -0.25) is 14.5 Å². The van der Waals surface area contributed by atoms with Crippen LogP contribution in [0.1, 0.15) is 18.1 Å². The van der Waals surface area contributed by atoms with E-state index in [0.29, 0.717) is 29.5 Å². The van der Waals surface area contributed by atoms with E-state index in [0.717, 1.165) is 10.5 Å². The van der Waals surface area contributed by atoms with Crippen molar-refractivity contribution in [1.82, 2.24) is 15.2 Å². The Morgan fingerprint density at radius 3 is 2.44 bits per heavy atom. The molecule has 1 atom stereocenters. The lowest BCUT2D eigenvalue weighted by Crippen LogP contribution is -2.42. The van der Waals surface area contributed by atoms with Crippen LogP contribution in [0.2, 0.25) is 0 Å². The number of hydrogen-bond donors (Lipinski definition) is 2. The maximum Gasteiger partial charge on any atom is 0.325 e. The van der Waals surface area contributed by atoms with E-state index in [4.69, 9.17) is 9.47 Å². The molecular weight excluding hydrogens is 436 g/mol. The summed E-state index contributed by atoms with van der Waals surface area (Å²) in [5, 5.41) is 5.32. The zero-order valence-electron chi connectivity index (χ0n) is 18.8. The van der Waals surface area contributed by atoms with Crippen LogP contribution in [0.4, 0.5) is 10.5 Å². The summed E-state index contributed by atoms with van der Waals surface area (Å²) < 4.78 is 10.8. The molecule has 2 N–H and O–H groups in total. The number of carbonyl (C=O) groups excluding carboxylic acids is 3. The number of hydrogen-bond acceptors (Lipinski definition) is 6. The van der Waals surface area contributed by atoms with Gasteiger partial charge in [-0.15, -0.1) is 0 Å². The Hall–Kier alpha value is -4.40. The Kier molecular flexibility index (Phi) is 6.44. The molecule has 1 fully saturated rings. The summed E-state index contributed by atoms with van der Waals surface area (Å²) in [6.45, 7) is 1.55. The molecule has 4 rings (SSSR count). The van der Waals surface area contributed by atoms with Gasteiger partial charge in [-0.2, -0.15) is 0 Å². The van der Waals surface area contributed by atoms with Gasteiger partial charge in [-0.05, 0) is 36.2 Å². The Labute approximate surface area is 196 Å². The molecule has 1 unspecified atom stereocenters. The fourth-order valence-corrected chi connectivity index (χ4v) is 3.58. The van der Waals surface area contributed by atoms with Gasteiger partial charge in [0.1, 0.15) is 24.4 Å². The number of imide groups is 1. The van der Waals surface area contributed by atoms with Crippen molar-refractivity contribution < 1.29 is 23.9 Å². The maximum atomic E-state index is 13.0. The molecule has 0 saturated carbocycles. The van der Waals surface area contributed by atoms with Crippen LogP contribution >= 0.6 is 0 Å². The topological polar surface area (TPSA) is 110 Å². The average molecular weight is 460 g/mol. The first-order valence-corrected chi connectivity index (χ1v) is 10.6. The fourth-order valence-electron chi connectivity index (χ4n) is 3.58. The number of nitrogens with one attached hydrogen (secondary N) is 2. The van der Waals surface area contributed by atoms with Crippen molar-refractivity contribution in [2.75, 3.05) is 19.0 Å². The summed E-state index contributed by atoms with van der Waals surface area (Å²) in [5.41, 5.74) is 0.742. The lowest BCUT2D eigenvalue weighted by molar-refractivity contribution is -0.133. The fraction of sp³-hybridized carbons (Fsp3) is 0.200. The third-order valence-corrected chi connectivity index (χ3v) is 5.49. The first kappa shape index (κ1) is 22.8. The summed E-state index contributed by atoms with van der Waals surface area (Å²) in [7, 11) is 1.54. The van der Waals surface area contributed by atoms with E-state index in [2.05, 4.69) is 15.6 Å². The van der Waals surface area contributed by atoms with Crippen LogP contribution < -0.4 is 20.1 Å². The third-order valence-electron chi connectivity index (χ3n) is 5.49. The lowest BCUT2D eigenvalue weighted by Gasteiger charge is -2.22. The Balaban J connectivity index is 1.35. The van der Waals surface area contributed by atoms with E-state index in [1.165, 1.54) is 6.20 Å². The van der Waals surface area contributed by atoms with Crippen molar-refractivity contribution >= 4 is 23.5 Å². The number of benzene rings is 2. The minimum Gasteiger partial charge on any atom is -0.497 e. The molecule has 1 aromatic heterocycles. The zero-order chi connectivity index (χ0) is 24.1. The molecule has 1 aliphatic rings. The number of amides is 4. The summed E-state index contributed by atoms with van der Waals surface area (Å²) in [6.07, 6.45) is 1.45. The number of nitrogens with zero attached hydrogens (tertiary/aromatic N) is 2. The molecule has 174 valence electrons. The van der Waals surface area contributed by atoms with Crippen LogP contribution in [0.5, 0.6) is 11.6 Å². The van der Waals surface area contributed by atoms with Gasteiger partial charge in [-0.1, -0.05) is 42.5 Å². The van der Waals surface area contributed by atoms with Crippen molar-refractivity contribution in [1.29, 1.82) is 0 Å². The third kappa shape index (κ3) is 4.83. The van der Waals surface area contributed by atoms with Gasteiger partial charge in [-0.25, -0.2) is 9.78 Å². The van der Waals surface area contributed by atoms with Crippen molar-refractivity contribution in [3.05, 3.63) is 84.1 Å². The molecule has 9 nitrogen and oxygen atoms in total. The summed E-state index contributed by atoms with van der Waals surface area (Å²) >= 11 is 0. The van der Waals surface area contributed by atoms with Crippen LogP contribution in [0.25, 0.3) is 0 Å². The molecule has 2 aromatic carbocycles. The van der Waals surface area contributed by atoms with Gasteiger partial charge >= 0.3 is 6.03 Å². The Bertz CT molecular complexity index is 1180. The van der Waals surface area contributed by atoms with E-state index >= 15 is 0 Å². The second kappa shape index (κ2) is 9.62.